The molecular weight excluding hydrogens is 210 g/mol. The molecule has 16 heavy (non-hydrogen) atoms. The zero-order valence-electron chi connectivity index (χ0n) is 9.77. The summed E-state index contributed by atoms with van der Waals surface area (Å²) in [7, 11) is 0. The second-order valence-electron chi connectivity index (χ2n) is 3.71. The molecule has 1 unspecified atom stereocenters. The fraction of sp³-hybridized carbons (Fsp3) is 0.800. The van der Waals surface area contributed by atoms with E-state index >= 15 is 0 Å². The second-order valence-corrected chi connectivity index (χ2v) is 3.71. The maximum atomic E-state index is 12.0. The number of nitrogens with one attached hydrogen (secondary N) is 1. The lowest BCUT2D eigenvalue weighted by Crippen LogP contribution is -2.59. The van der Waals surface area contributed by atoms with Crippen molar-refractivity contribution in [1.29, 1.82) is 0 Å². The highest BCUT2D eigenvalue weighted by Crippen LogP contribution is 2.08. The Kier molecular flexibility index (Phi) is 4.54. The SMILES string of the molecule is CCN(CC)C(=O)N1CCNCC1C(=O)O. The van der Waals surface area contributed by atoms with Gasteiger partial charge in [0.15, 0.2) is 0 Å². The molecule has 1 saturated heterocycles. The van der Waals surface area contributed by atoms with Crippen LogP contribution in [0.3, 0.4) is 0 Å². The van der Waals surface area contributed by atoms with Crippen LogP contribution in [0.4, 0.5) is 4.79 Å². The van der Waals surface area contributed by atoms with E-state index in [1.807, 2.05) is 13.8 Å². The highest BCUT2D eigenvalue weighted by atomic mass is 16.4. The first kappa shape index (κ1) is 12.8. The summed E-state index contributed by atoms with van der Waals surface area (Å²) in [5.74, 6) is -0.951. The van der Waals surface area contributed by atoms with Crippen LogP contribution in [0.2, 0.25) is 0 Å². The van der Waals surface area contributed by atoms with Crippen LogP contribution in [0, 0.1) is 0 Å². The number of carboxylic acid groups (broad SMARTS) is 1. The molecule has 6 nitrogen and oxygen atoms in total. The molecule has 2 N–H and O–H groups in total. The molecule has 92 valence electrons. The summed E-state index contributed by atoms with van der Waals surface area (Å²) in [6, 6.07) is -0.930. The Morgan fingerprint density at radius 3 is 2.56 bits per heavy atom. The van der Waals surface area contributed by atoms with Gasteiger partial charge < -0.3 is 20.2 Å². The number of hydrogen-bond donors (Lipinski definition) is 2. The summed E-state index contributed by atoms with van der Waals surface area (Å²) in [6.45, 7) is 6.40. The Morgan fingerprint density at radius 1 is 1.44 bits per heavy atom. The van der Waals surface area contributed by atoms with E-state index in [4.69, 9.17) is 5.11 Å². The minimum Gasteiger partial charge on any atom is -0.480 e. The molecule has 1 fully saturated rings. The number of amides is 2. The van der Waals surface area contributed by atoms with Crippen LogP contribution in [-0.4, -0.2) is 65.7 Å². The molecule has 1 aliphatic heterocycles. The molecule has 0 saturated carbocycles. The van der Waals surface area contributed by atoms with Crippen LogP contribution < -0.4 is 5.32 Å². The van der Waals surface area contributed by atoms with E-state index in [0.29, 0.717) is 32.7 Å². The number of carbonyl (C=O) groups excluding carboxylic acids is 1. The van der Waals surface area contributed by atoms with Crippen LogP contribution in [0.25, 0.3) is 0 Å². The van der Waals surface area contributed by atoms with Crippen molar-refractivity contribution in [2.75, 3.05) is 32.7 Å². The summed E-state index contributed by atoms with van der Waals surface area (Å²) < 4.78 is 0. The molecule has 1 heterocycles. The standard InChI is InChI=1S/C10H19N3O3/c1-3-12(4-2)10(16)13-6-5-11-7-8(13)9(14)15/h8,11H,3-7H2,1-2H3,(H,14,15). The van der Waals surface area contributed by atoms with E-state index in [2.05, 4.69) is 5.32 Å². The molecule has 1 rings (SSSR count). The Bertz CT molecular complexity index is 266. The average Bonchev–Trinajstić information content (AvgIpc) is 2.30. The van der Waals surface area contributed by atoms with Crippen LogP contribution in [-0.2, 0) is 4.79 Å². The van der Waals surface area contributed by atoms with Crippen molar-refractivity contribution in [3.63, 3.8) is 0 Å². The van der Waals surface area contributed by atoms with E-state index in [9.17, 15) is 9.59 Å². The first-order valence-electron chi connectivity index (χ1n) is 5.60. The molecule has 0 aliphatic carbocycles. The summed E-state index contributed by atoms with van der Waals surface area (Å²) in [5.41, 5.74) is 0. The third-order valence-electron chi connectivity index (χ3n) is 2.81. The molecule has 0 aromatic heterocycles. The van der Waals surface area contributed by atoms with Crippen LogP contribution in [0.15, 0.2) is 0 Å². The molecule has 0 aromatic rings. The summed E-state index contributed by atoms with van der Waals surface area (Å²) in [4.78, 5) is 26.1. The quantitative estimate of drug-likeness (QED) is 0.703. The normalized spacial score (nSPS) is 20.6. The molecule has 1 aliphatic rings. The van der Waals surface area contributed by atoms with E-state index < -0.39 is 12.0 Å². The summed E-state index contributed by atoms with van der Waals surface area (Å²) >= 11 is 0. The monoisotopic (exact) mass is 229 g/mol. The van der Waals surface area contributed by atoms with Crippen molar-refractivity contribution in [1.82, 2.24) is 15.1 Å². The predicted molar refractivity (Wildman–Crippen MR) is 59.3 cm³/mol. The third-order valence-corrected chi connectivity index (χ3v) is 2.81. The maximum absolute atomic E-state index is 12.0. The Morgan fingerprint density at radius 2 is 2.06 bits per heavy atom. The number of hydrogen-bond acceptors (Lipinski definition) is 3. The van der Waals surface area contributed by atoms with Gasteiger partial charge in [-0.2, -0.15) is 0 Å². The van der Waals surface area contributed by atoms with Crippen molar-refractivity contribution in [3.8, 4) is 0 Å². The molecule has 1 atom stereocenters. The van der Waals surface area contributed by atoms with Crippen molar-refractivity contribution < 1.29 is 14.7 Å². The Hall–Kier alpha value is -1.30. The minimum atomic E-state index is -0.951. The maximum Gasteiger partial charge on any atom is 0.327 e. The van der Waals surface area contributed by atoms with Crippen LogP contribution >= 0.6 is 0 Å². The molecule has 0 aromatic carbocycles. The number of carbonyl (C=O) groups is 2. The number of urea groups is 1. The van der Waals surface area contributed by atoms with Gasteiger partial charge >= 0.3 is 12.0 Å². The van der Waals surface area contributed by atoms with Crippen molar-refractivity contribution >= 4 is 12.0 Å². The predicted octanol–water partition coefficient (Wildman–Crippen LogP) is -0.193. The number of rotatable bonds is 3. The average molecular weight is 229 g/mol. The lowest BCUT2D eigenvalue weighted by atomic mass is 10.2. The largest absolute Gasteiger partial charge is 0.480 e. The van der Waals surface area contributed by atoms with E-state index in [1.54, 1.807) is 4.90 Å². The van der Waals surface area contributed by atoms with Crippen LogP contribution in [0.1, 0.15) is 13.8 Å². The van der Waals surface area contributed by atoms with Gasteiger partial charge in [0.1, 0.15) is 6.04 Å². The van der Waals surface area contributed by atoms with E-state index in [-0.39, 0.29) is 6.03 Å². The van der Waals surface area contributed by atoms with Crippen LogP contribution in [0.5, 0.6) is 0 Å². The molecule has 0 radical (unpaired) electrons. The number of nitrogens with zero attached hydrogens (tertiary/aromatic N) is 2. The zero-order valence-corrected chi connectivity index (χ0v) is 9.77. The number of aliphatic carboxylic acids is 1. The molecule has 6 heteroatoms. The number of piperazine rings is 1. The topological polar surface area (TPSA) is 72.9 Å². The molecule has 2 amide bonds. The summed E-state index contributed by atoms with van der Waals surface area (Å²) in [5, 5.41) is 12.0. The van der Waals surface area contributed by atoms with E-state index in [1.165, 1.54) is 4.90 Å². The lowest BCUT2D eigenvalue weighted by Gasteiger charge is -2.36. The Balaban J connectivity index is 2.74. The van der Waals surface area contributed by atoms with Crippen molar-refractivity contribution in [3.05, 3.63) is 0 Å². The summed E-state index contributed by atoms with van der Waals surface area (Å²) in [6.07, 6.45) is 0. The molecule has 0 spiro atoms. The van der Waals surface area contributed by atoms with Gasteiger partial charge in [0, 0.05) is 32.7 Å². The zero-order chi connectivity index (χ0) is 12.1. The van der Waals surface area contributed by atoms with E-state index in [0.717, 1.165) is 0 Å². The van der Waals surface area contributed by atoms with Gasteiger partial charge in [-0.3, -0.25) is 0 Å². The smallest absolute Gasteiger partial charge is 0.327 e. The Labute approximate surface area is 95.2 Å². The molecular formula is C10H19N3O3. The fourth-order valence-electron chi connectivity index (χ4n) is 1.83. The highest BCUT2D eigenvalue weighted by molar-refractivity contribution is 5.83. The second kappa shape index (κ2) is 5.69. The van der Waals surface area contributed by atoms with Gasteiger partial charge in [0.2, 0.25) is 0 Å². The third kappa shape index (κ3) is 2.63. The highest BCUT2D eigenvalue weighted by Gasteiger charge is 2.33. The first-order valence-corrected chi connectivity index (χ1v) is 5.60. The van der Waals surface area contributed by atoms with Gasteiger partial charge in [-0.15, -0.1) is 0 Å². The molecule has 0 bridgehead atoms. The minimum absolute atomic E-state index is 0.182. The first-order chi connectivity index (χ1) is 7.61. The lowest BCUT2D eigenvalue weighted by molar-refractivity contribution is -0.142. The fourth-order valence-corrected chi connectivity index (χ4v) is 1.83. The van der Waals surface area contributed by atoms with Gasteiger partial charge in [-0.25, -0.2) is 9.59 Å². The van der Waals surface area contributed by atoms with Gasteiger partial charge in [-0.05, 0) is 13.8 Å². The van der Waals surface area contributed by atoms with Gasteiger partial charge in [0.05, 0.1) is 0 Å². The van der Waals surface area contributed by atoms with Gasteiger partial charge in [-0.1, -0.05) is 0 Å². The number of carboxylic acids is 1. The van der Waals surface area contributed by atoms with Crippen molar-refractivity contribution in [2.45, 2.75) is 19.9 Å². The van der Waals surface area contributed by atoms with Gasteiger partial charge in [0.25, 0.3) is 0 Å². The van der Waals surface area contributed by atoms with Crippen molar-refractivity contribution in [2.24, 2.45) is 0 Å².